The molecule has 20 heavy (non-hydrogen) atoms. The third-order valence-electron chi connectivity index (χ3n) is 2.83. The van der Waals surface area contributed by atoms with Crippen LogP contribution in [0, 0.1) is 6.92 Å². The lowest BCUT2D eigenvalue weighted by Gasteiger charge is -2.05. The molecule has 0 saturated carbocycles. The zero-order valence-electron chi connectivity index (χ0n) is 11.5. The van der Waals surface area contributed by atoms with Gasteiger partial charge in [-0.3, -0.25) is 14.5 Å². The van der Waals surface area contributed by atoms with Crippen LogP contribution in [0.3, 0.4) is 0 Å². The molecule has 2 aromatic heterocycles. The van der Waals surface area contributed by atoms with Gasteiger partial charge in [-0.1, -0.05) is 0 Å². The standard InChI is InChI=1S/C11H17N5O3S/c1-7(2)16-5-9(4-12-16)15-20(18,19)11-10(6-17)8(3)13-14-11/h4-5,7,15,17H,6H2,1-3H3,(H,13,14). The van der Waals surface area contributed by atoms with Gasteiger partial charge in [0.05, 0.1) is 18.5 Å². The van der Waals surface area contributed by atoms with Crippen LogP contribution < -0.4 is 4.72 Å². The summed E-state index contributed by atoms with van der Waals surface area (Å²) in [6, 6.07) is 0.133. The van der Waals surface area contributed by atoms with Crippen molar-refractivity contribution < 1.29 is 13.5 Å². The minimum Gasteiger partial charge on any atom is -0.392 e. The van der Waals surface area contributed by atoms with E-state index in [2.05, 4.69) is 20.0 Å². The summed E-state index contributed by atoms with van der Waals surface area (Å²) in [5.41, 5.74) is 1.13. The van der Waals surface area contributed by atoms with Crippen LogP contribution in [-0.2, 0) is 16.6 Å². The third kappa shape index (κ3) is 2.68. The maximum absolute atomic E-state index is 12.2. The quantitative estimate of drug-likeness (QED) is 0.755. The van der Waals surface area contributed by atoms with Crippen LogP contribution in [0.25, 0.3) is 0 Å². The van der Waals surface area contributed by atoms with Crippen molar-refractivity contribution in [1.29, 1.82) is 0 Å². The molecular formula is C11H17N5O3S. The normalized spacial score (nSPS) is 12.1. The van der Waals surface area contributed by atoms with Gasteiger partial charge < -0.3 is 5.11 Å². The molecule has 0 atom stereocenters. The minimum atomic E-state index is -3.85. The lowest BCUT2D eigenvalue weighted by molar-refractivity contribution is 0.277. The number of nitrogens with zero attached hydrogens (tertiary/aromatic N) is 3. The van der Waals surface area contributed by atoms with E-state index in [-0.39, 0.29) is 16.6 Å². The number of nitrogens with one attached hydrogen (secondary N) is 2. The zero-order chi connectivity index (χ0) is 14.9. The van der Waals surface area contributed by atoms with Crippen LogP contribution in [0.2, 0.25) is 0 Å². The Bertz CT molecular complexity index is 701. The fourth-order valence-corrected chi connectivity index (χ4v) is 2.94. The van der Waals surface area contributed by atoms with Gasteiger partial charge in [0, 0.05) is 23.5 Å². The highest BCUT2D eigenvalue weighted by molar-refractivity contribution is 7.92. The molecular weight excluding hydrogens is 282 g/mol. The van der Waals surface area contributed by atoms with E-state index < -0.39 is 16.6 Å². The second-order valence-corrected chi connectivity index (χ2v) is 6.30. The molecule has 0 unspecified atom stereocenters. The summed E-state index contributed by atoms with van der Waals surface area (Å²) in [7, 11) is -3.85. The molecule has 0 aliphatic carbocycles. The number of aliphatic hydroxyl groups excluding tert-OH is 1. The van der Waals surface area contributed by atoms with Gasteiger partial charge in [0.2, 0.25) is 5.03 Å². The monoisotopic (exact) mass is 299 g/mol. The van der Waals surface area contributed by atoms with E-state index in [1.165, 1.54) is 6.20 Å². The maximum atomic E-state index is 12.2. The van der Waals surface area contributed by atoms with E-state index in [0.717, 1.165) is 0 Å². The van der Waals surface area contributed by atoms with E-state index in [1.807, 2.05) is 13.8 Å². The predicted molar refractivity (Wildman–Crippen MR) is 72.7 cm³/mol. The number of sulfonamides is 1. The summed E-state index contributed by atoms with van der Waals surface area (Å²) in [5, 5.41) is 19.4. The second-order valence-electron chi connectivity index (χ2n) is 4.70. The number of rotatable bonds is 5. The fraction of sp³-hybridized carbons (Fsp3) is 0.455. The van der Waals surface area contributed by atoms with E-state index in [0.29, 0.717) is 11.4 Å². The Kier molecular flexibility index (Phi) is 3.82. The number of H-pyrrole nitrogens is 1. The molecule has 0 bridgehead atoms. The number of aliphatic hydroxyl groups is 1. The zero-order valence-corrected chi connectivity index (χ0v) is 12.3. The number of aromatic amines is 1. The van der Waals surface area contributed by atoms with Crippen LogP contribution >= 0.6 is 0 Å². The molecule has 0 aromatic carbocycles. The van der Waals surface area contributed by atoms with Crippen molar-refractivity contribution in [3.63, 3.8) is 0 Å². The van der Waals surface area contributed by atoms with E-state index in [4.69, 9.17) is 0 Å². The molecule has 2 rings (SSSR count). The number of aryl methyl sites for hydroxylation is 1. The number of hydrogen-bond acceptors (Lipinski definition) is 5. The van der Waals surface area contributed by atoms with E-state index in [9.17, 15) is 13.5 Å². The number of anilines is 1. The van der Waals surface area contributed by atoms with Crippen molar-refractivity contribution in [2.24, 2.45) is 0 Å². The molecule has 8 nitrogen and oxygen atoms in total. The van der Waals surface area contributed by atoms with Crippen LogP contribution in [0.4, 0.5) is 5.69 Å². The fourth-order valence-electron chi connectivity index (χ4n) is 1.72. The molecule has 0 fully saturated rings. The predicted octanol–water partition coefficient (Wildman–Crippen LogP) is 0.789. The summed E-state index contributed by atoms with van der Waals surface area (Å²) in [5.74, 6) is 0. The first-order valence-corrected chi connectivity index (χ1v) is 7.55. The molecule has 0 radical (unpaired) electrons. The first-order chi connectivity index (χ1) is 9.35. The number of aromatic nitrogens is 4. The van der Waals surface area contributed by atoms with Crippen molar-refractivity contribution in [3.05, 3.63) is 23.7 Å². The van der Waals surface area contributed by atoms with Gasteiger partial charge >= 0.3 is 0 Å². The highest BCUT2D eigenvalue weighted by atomic mass is 32.2. The van der Waals surface area contributed by atoms with Crippen molar-refractivity contribution in [2.45, 2.75) is 38.4 Å². The maximum Gasteiger partial charge on any atom is 0.281 e. The second kappa shape index (κ2) is 5.25. The van der Waals surface area contributed by atoms with Gasteiger partial charge in [0.15, 0.2) is 0 Å². The highest BCUT2D eigenvalue weighted by Gasteiger charge is 2.24. The van der Waals surface area contributed by atoms with Crippen LogP contribution in [-0.4, -0.2) is 33.5 Å². The molecule has 110 valence electrons. The molecule has 2 heterocycles. The van der Waals surface area contributed by atoms with Gasteiger partial charge in [-0.25, -0.2) is 0 Å². The van der Waals surface area contributed by atoms with Gasteiger partial charge in [-0.05, 0) is 20.8 Å². The lowest BCUT2D eigenvalue weighted by atomic mass is 10.3. The molecule has 0 aliphatic rings. The molecule has 9 heteroatoms. The van der Waals surface area contributed by atoms with E-state index >= 15 is 0 Å². The first kappa shape index (κ1) is 14.5. The number of hydrogen-bond donors (Lipinski definition) is 3. The third-order valence-corrected chi connectivity index (χ3v) is 4.18. The highest BCUT2D eigenvalue weighted by Crippen LogP contribution is 2.20. The van der Waals surface area contributed by atoms with Gasteiger partial charge in [0.25, 0.3) is 10.0 Å². The van der Waals surface area contributed by atoms with Crippen molar-refractivity contribution in [2.75, 3.05) is 4.72 Å². The summed E-state index contributed by atoms with van der Waals surface area (Å²) >= 11 is 0. The van der Waals surface area contributed by atoms with Crippen LogP contribution in [0.1, 0.15) is 31.1 Å². The van der Waals surface area contributed by atoms with Crippen LogP contribution in [0.15, 0.2) is 17.4 Å². The molecule has 2 aromatic rings. The minimum absolute atomic E-state index is 0.133. The Labute approximate surface area is 116 Å². The average molecular weight is 299 g/mol. The van der Waals surface area contributed by atoms with E-state index in [1.54, 1.807) is 17.8 Å². The van der Waals surface area contributed by atoms with Gasteiger partial charge in [-0.15, -0.1) is 0 Å². The molecule has 3 N–H and O–H groups in total. The SMILES string of the molecule is Cc1[nH]nc(S(=O)(=O)Nc2cnn(C(C)C)c2)c1CO. The summed E-state index contributed by atoms with van der Waals surface area (Å²) in [6.45, 7) is 5.12. The topological polar surface area (TPSA) is 113 Å². The van der Waals surface area contributed by atoms with Crippen molar-refractivity contribution >= 4 is 15.7 Å². The van der Waals surface area contributed by atoms with Crippen molar-refractivity contribution in [3.8, 4) is 0 Å². The molecule has 0 saturated heterocycles. The van der Waals surface area contributed by atoms with Gasteiger partial charge in [-0.2, -0.15) is 18.6 Å². The molecule has 0 spiro atoms. The Morgan fingerprint density at radius 2 is 2.20 bits per heavy atom. The van der Waals surface area contributed by atoms with Gasteiger partial charge in [0.1, 0.15) is 0 Å². The van der Waals surface area contributed by atoms with Crippen LogP contribution in [0.5, 0.6) is 0 Å². The Balaban J connectivity index is 2.30. The largest absolute Gasteiger partial charge is 0.392 e. The summed E-state index contributed by atoms with van der Waals surface area (Å²) in [6.07, 6.45) is 3.02. The molecule has 0 amide bonds. The average Bonchev–Trinajstić information content (AvgIpc) is 2.95. The Morgan fingerprint density at radius 3 is 2.75 bits per heavy atom. The lowest BCUT2D eigenvalue weighted by Crippen LogP contribution is -2.15. The summed E-state index contributed by atoms with van der Waals surface area (Å²) < 4.78 is 28.5. The smallest absolute Gasteiger partial charge is 0.281 e. The summed E-state index contributed by atoms with van der Waals surface area (Å²) in [4.78, 5) is 0. The first-order valence-electron chi connectivity index (χ1n) is 6.07. The van der Waals surface area contributed by atoms with Crippen molar-refractivity contribution in [1.82, 2.24) is 20.0 Å². The Hall–Kier alpha value is -1.87. The Morgan fingerprint density at radius 1 is 1.50 bits per heavy atom. The molecule has 0 aliphatic heterocycles.